The molecular weight excluding hydrogens is 438 g/mol. The van der Waals surface area contributed by atoms with Crippen molar-refractivity contribution in [1.82, 2.24) is 5.32 Å². The Balaban J connectivity index is 1.75. The third kappa shape index (κ3) is 5.72. The molecule has 0 aromatic heterocycles. The molecule has 170 valence electrons. The first-order chi connectivity index (χ1) is 14.5. The van der Waals surface area contributed by atoms with E-state index in [1.807, 2.05) is 0 Å². The Morgan fingerprint density at radius 3 is 2.06 bits per heavy atom. The summed E-state index contributed by atoms with van der Waals surface area (Å²) in [6.07, 6.45) is -11.8. The lowest BCUT2D eigenvalue weighted by Crippen LogP contribution is -2.43. The van der Waals surface area contributed by atoms with Gasteiger partial charge < -0.3 is 14.8 Å². The van der Waals surface area contributed by atoms with Crippen molar-refractivity contribution in [2.24, 2.45) is 0 Å². The summed E-state index contributed by atoms with van der Waals surface area (Å²) in [6.45, 7) is 0.434. The fraction of sp³-hybridized carbons (Fsp3) is 0.400. The lowest BCUT2D eigenvalue weighted by Gasteiger charge is -2.33. The lowest BCUT2D eigenvalue weighted by molar-refractivity contribution is -0.177. The largest absolute Gasteiger partial charge is 0.419 e. The first-order valence-electron chi connectivity index (χ1n) is 9.15. The van der Waals surface area contributed by atoms with Gasteiger partial charge >= 0.3 is 12.4 Å². The van der Waals surface area contributed by atoms with Gasteiger partial charge in [-0.25, -0.2) is 8.78 Å². The molecule has 1 saturated heterocycles. The monoisotopic (exact) mass is 455 g/mol. The number of rotatable bonds is 5. The zero-order valence-electron chi connectivity index (χ0n) is 15.8. The van der Waals surface area contributed by atoms with Crippen LogP contribution in [0.1, 0.15) is 28.3 Å². The second kappa shape index (κ2) is 9.09. The SMILES string of the molecule is Fc1ccc([C@@H]2NCCO[C@H]2OCCc2cc(C(F)(F)F)c(F)c(C(F)(F)F)c2)cc1. The molecule has 3 nitrogen and oxygen atoms in total. The van der Waals surface area contributed by atoms with Crippen LogP contribution in [0, 0.1) is 11.6 Å². The standard InChI is InChI=1S/C20H17F8NO2/c21-13-3-1-12(2-4-13)17-18(31-8-6-29-17)30-7-5-11-9-14(19(23,24)25)16(22)15(10-11)20(26,27)28/h1-4,9-10,17-18,29H,5-8H2/t17-,18+/m0/s1. The Bertz CT molecular complexity index is 861. The Morgan fingerprint density at radius 2 is 1.52 bits per heavy atom. The number of benzene rings is 2. The molecule has 2 aromatic carbocycles. The number of halogens is 8. The minimum absolute atomic E-state index is 0.259. The van der Waals surface area contributed by atoms with E-state index < -0.39 is 47.4 Å². The van der Waals surface area contributed by atoms with E-state index in [1.165, 1.54) is 24.3 Å². The minimum Gasteiger partial charge on any atom is -0.350 e. The minimum atomic E-state index is -5.29. The van der Waals surface area contributed by atoms with E-state index in [1.54, 1.807) is 0 Å². The average molecular weight is 455 g/mol. The van der Waals surface area contributed by atoms with Gasteiger partial charge in [-0.15, -0.1) is 0 Å². The maximum atomic E-state index is 13.8. The Labute approximate surface area is 172 Å². The molecule has 1 fully saturated rings. The van der Waals surface area contributed by atoms with Crippen molar-refractivity contribution in [3.63, 3.8) is 0 Å². The van der Waals surface area contributed by atoms with E-state index in [9.17, 15) is 35.1 Å². The van der Waals surface area contributed by atoms with Gasteiger partial charge in [-0.05, 0) is 41.8 Å². The van der Waals surface area contributed by atoms with Crippen molar-refractivity contribution >= 4 is 0 Å². The van der Waals surface area contributed by atoms with Gasteiger partial charge in [0, 0.05) is 6.54 Å². The molecule has 2 atom stereocenters. The molecule has 1 heterocycles. The van der Waals surface area contributed by atoms with E-state index in [2.05, 4.69) is 5.32 Å². The van der Waals surface area contributed by atoms with Gasteiger partial charge in [0.2, 0.25) is 0 Å². The number of hydrogen-bond donors (Lipinski definition) is 1. The molecule has 0 bridgehead atoms. The second-order valence-electron chi connectivity index (χ2n) is 6.84. The third-order valence-electron chi connectivity index (χ3n) is 4.67. The quantitative estimate of drug-likeness (QED) is 0.625. The Kier molecular flexibility index (Phi) is 6.87. The van der Waals surface area contributed by atoms with E-state index in [-0.39, 0.29) is 25.2 Å². The first-order valence-corrected chi connectivity index (χ1v) is 9.15. The third-order valence-corrected chi connectivity index (χ3v) is 4.67. The molecule has 2 aromatic rings. The lowest BCUT2D eigenvalue weighted by atomic mass is 10.0. The van der Waals surface area contributed by atoms with Crippen molar-refractivity contribution < 1.29 is 44.6 Å². The zero-order chi connectivity index (χ0) is 22.8. The maximum absolute atomic E-state index is 13.8. The summed E-state index contributed by atoms with van der Waals surface area (Å²) >= 11 is 0. The maximum Gasteiger partial charge on any atom is 0.419 e. The number of ether oxygens (including phenoxy) is 2. The molecule has 1 aliphatic rings. The summed E-state index contributed by atoms with van der Waals surface area (Å²) in [5.41, 5.74) is -3.73. The van der Waals surface area contributed by atoms with Crippen LogP contribution < -0.4 is 5.32 Å². The number of morpholine rings is 1. The summed E-state index contributed by atoms with van der Waals surface area (Å²) in [4.78, 5) is 0. The van der Waals surface area contributed by atoms with Crippen LogP contribution in [0.5, 0.6) is 0 Å². The molecule has 0 saturated carbocycles. The molecule has 31 heavy (non-hydrogen) atoms. The van der Waals surface area contributed by atoms with Crippen LogP contribution in [0.3, 0.4) is 0 Å². The Hall–Kier alpha value is -2.24. The van der Waals surface area contributed by atoms with E-state index in [0.29, 0.717) is 24.2 Å². The normalized spacial score (nSPS) is 20.1. The van der Waals surface area contributed by atoms with E-state index in [0.717, 1.165) is 0 Å². The fourth-order valence-corrected chi connectivity index (χ4v) is 3.21. The summed E-state index contributed by atoms with van der Waals surface area (Å²) in [7, 11) is 0. The van der Waals surface area contributed by atoms with Crippen LogP contribution in [-0.4, -0.2) is 26.0 Å². The van der Waals surface area contributed by atoms with Crippen molar-refractivity contribution in [1.29, 1.82) is 0 Å². The van der Waals surface area contributed by atoms with Crippen molar-refractivity contribution in [3.8, 4) is 0 Å². The molecule has 1 aliphatic heterocycles. The zero-order valence-corrected chi connectivity index (χ0v) is 15.8. The van der Waals surface area contributed by atoms with Gasteiger partial charge in [-0.2, -0.15) is 26.3 Å². The molecule has 11 heteroatoms. The highest BCUT2D eigenvalue weighted by molar-refractivity contribution is 5.35. The van der Waals surface area contributed by atoms with Gasteiger partial charge in [0.1, 0.15) is 11.6 Å². The molecule has 0 unspecified atom stereocenters. The second-order valence-corrected chi connectivity index (χ2v) is 6.84. The first kappa shape index (κ1) is 23.4. The summed E-state index contributed by atoms with van der Waals surface area (Å²) in [6, 6.07) is 5.64. The van der Waals surface area contributed by atoms with Crippen molar-refractivity contribution in [3.05, 3.63) is 70.3 Å². The van der Waals surface area contributed by atoms with Crippen molar-refractivity contribution in [2.45, 2.75) is 31.1 Å². The molecule has 0 aliphatic carbocycles. The van der Waals surface area contributed by atoms with Crippen LogP contribution in [0.2, 0.25) is 0 Å². The summed E-state index contributed by atoms with van der Waals surface area (Å²) in [5.74, 6) is -2.81. The van der Waals surface area contributed by atoms with Crippen LogP contribution in [0.15, 0.2) is 36.4 Å². The van der Waals surface area contributed by atoms with E-state index >= 15 is 0 Å². The molecule has 0 radical (unpaired) electrons. The molecule has 3 rings (SSSR count). The molecular formula is C20H17F8NO2. The highest BCUT2D eigenvalue weighted by Crippen LogP contribution is 2.39. The summed E-state index contributed by atoms with van der Waals surface area (Å²) in [5, 5.41) is 3.10. The fourth-order valence-electron chi connectivity index (χ4n) is 3.21. The molecule has 0 amide bonds. The van der Waals surface area contributed by atoms with Gasteiger partial charge in [-0.1, -0.05) is 12.1 Å². The Morgan fingerprint density at radius 1 is 0.935 bits per heavy atom. The highest BCUT2D eigenvalue weighted by atomic mass is 19.4. The van der Waals surface area contributed by atoms with Crippen LogP contribution in [0.25, 0.3) is 0 Å². The smallest absolute Gasteiger partial charge is 0.350 e. The van der Waals surface area contributed by atoms with Crippen LogP contribution >= 0.6 is 0 Å². The number of hydrogen-bond acceptors (Lipinski definition) is 3. The van der Waals surface area contributed by atoms with Crippen LogP contribution in [0.4, 0.5) is 35.1 Å². The summed E-state index contributed by atoms with van der Waals surface area (Å²) < 4.78 is 116. The molecule has 1 N–H and O–H groups in total. The van der Waals surface area contributed by atoms with Gasteiger partial charge in [0.15, 0.2) is 6.29 Å². The van der Waals surface area contributed by atoms with Gasteiger partial charge in [0.25, 0.3) is 0 Å². The predicted molar refractivity (Wildman–Crippen MR) is 92.9 cm³/mol. The molecule has 0 spiro atoms. The predicted octanol–water partition coefficient (Wildman–Crippen LogP) is 5.25. The van der Waals surface area contributed by atoms with Gasteiger partial charge in [0.05, 0.1) is 30.4 Å². The number of nitrogens with one attached hydrogen (secondary N) is 1. The van der Waals surface area contributed by atoms with Gasteiger partial charge in [-0.3, -0.25) is 0 Å². The highest BCUT2D eigenvalue weighted by Gasteiger charge is 2.42. The average Bonchev–Trinajstić information content (AvgIpc) is 2.68. The van der Waals surface area contributed by atoms with Crippen LogP contribution in [-0.2, 0) is 28.2 Å². The topological polar surface area (TPSA) is 30.5 Å². The van der Waals surface area contributed by atoms with Crippen molar-refractivity contribution in [2.75, 3.05) is 19.8 Å². The number of alkyl halides is 6. The van der Waals surface area contributed by atoms with E-state index in [4.69, 9.17) is 9.47 Å².